The number of nitriles is 1. The summed E-state index contributed by atoms with van der Waals surface area (Å²) in [7, 11) is 0. The second-order valence-corrected chi connectivity index (χ2v) is 5.45. The average Bonchev–Trinajstić information content (AvgIpc) is 3.10. The molecule has 5 nitrogen and oxygen atoms in total. The third kappa shape index (κ3) is 2.95. The van der Waals surface area contributed by atoms with Crippen molar-refractivity contribution in [3.05, 3.63) is 5.56 Å². The molecule has 18 heavy (non-hydrogen) atoms. The third-order valence-corrected chi connectivity index (χ3v) is 3.28. The molecule has 1 heterocycles. The molecule has 3 N–H and O–H groups in total. The highest BCUT2D eigenvalue weighted by atomic mass is 15.3. The minimum Gasteiger partial charge on any atom is -0.383 e. The van der Waals surface area contributed by atoms with Crippen molar-refractivity contribution in [3.63, 3.8) is 0 Å². The van der Waals surface area contributed by atoms with Gasteiger partial charge in [0.25, 0.3) is 0 Å². The fourth-order valence-electron chi connectivity index (χ4n) is 1.82. The van der Waals surface area contributed by atoms with Crippen molar-refractivity contribution in [2.24, 2.45) is 11.8 Å². The summed E-state index contributed by atoms with van der Waals surface area (Å²) in [5.41, 5.74) is 6.45. The largest absolute Gasteiger partial charge is 0.383 e. The summed E-state index contributed by atoms with van der Waals surface area (Å²) < 4.78 is 1.74. The molecule has 98 valence electrons. The van der Waals surface area contributed by atoms with Crippen LogP contribution in [0.25, 0.3) is 0 Å². The molecule has 1 aromatic heterocycles. The van der Waals surface area contributed by atoms with Crippen LogP contribution in [-0.4, -0.2) is 16.3 Å². The van der Waals surface area contributed by atoms with Crippen molar-refractivity contribution in [1.29, 1.82) is 5.26 Å². The standard InChI is InChI=1S/C13H21N5/c1-9(2)5-6-18-12(15)11(7-14)13(17-18)16-8-10-3-4-10/h9-10H,3-6,8,15H2,1-2H3,(H,16,17). The van der Waals surface area contributed by atoms with Crippen LogP contribution < -0.4 is 11.1 Å². The van der Waals surface area contributed by atoms with Gasteiger partial charge < -0.3 is 11.1 Å². The Kier molecular flexibility index (Phi) is 3.75. The molecular formula is C13H21N5. The van der Waals surface area contributed by atoms with E-state index in [0.29, 0.717) is 23.1 Å². The first-order chi connectivity index (χ1) is 8.61. The van der Waals surface area contributed by atoms with Crippen LogP contribution in [-0.2, 0) is 6.54 Å². The number of nitrogens with zero attached hydrogens (tertiary/aromatic N) is 3. The van der Waals surface area contributed by atoms with Gasteiger partial charge in [0.1, 0.15) is 17.5 Å². The number of aryl methyl sites for hydroxylation is 1. The SMILES string of the molecule is CC(C)CCn1nc(NCC2CC2)c(C#N)c1N. The Balaban J connectivity index is 2.07. The Hall–Kier alpha value is -1.70. The van der Waals surface area contributed by atoms with E-state index < -0.39 is 0 Å². The third-order valence-electron chi connectivity index (χ3n) is 3.28. The zero-order valence-corrected chi connectivity index (χ0v) is 11.1. The summed E-state index contributed by atoms with van der Waals surface area (Å²) in [5, 5.41) is 16.8. The van der Waals surface area contributed by atoms with Crippen molar-refractivity contribution in [2.45, 2.75) is 39.7 Å². The number of nitrogens with two attached hydrogens (primary N) is 1. The second-order valence-electron chi connectivity index (χ2n) is 5.45. The normalized spacial score (nSPS) is 14.8. The summed E-state index contributed by atoms with van der Waals surface area (Å²) >= 11 is 0. The van der Waals surface area contributed by atoms with Gasteiger partial charge in [0.15, 0.2) is 5.82 Å². The molecule has 1 fully saturated rings. The van der Waals surface area contributed by atoms with Gasteiger partial charge in [0, 0.05) is 13.1 Å². The van der Waals surface area contributed by atoms with Crippen LogP contribution in [0.5, 0.6) is 0 Å². The van der Waals surface area contributed by atoms with Crippen LogP contribution in [0.2, 0.25) is 0 Å². The molecule has 2 rings (SSSR count). The molecule has 1 aliphatic rings. The molecule has 0 amide bonds. The number of hydrogen-bond acceptors (Lipinski definition) is 4. The lowest BCUT2D eigenvalue weighted by molar-refractivity contribution is 0.492. The molecule has 0 aromatic carbocycles. The molecule has 1 saturated carbocycles. The highest BCUT2D eigenvalue weighted by Gasteiger charge is 2.22. The van der Waals surface area contributed by atoms with E-state index in [1.807, 2.05) is 0 Å². The van der Waals surface area contributed by atoms with Crippen molar-refractivity contribution in [2.75, 3.05) is 17.6 Å². The molecule has 0 bridgehead atoms. The van der Waals surface area contributed by atoms with Crippen LogP contribution in [0.1, 0.15) is 38.7 Å². The number of nitrogens with one attached hydrogen (secondary N) is 1. The Bertz CT molecular complexity index is 451. The van der Waals surface area contributed by atoms with Crippen molar-refractivity contribution in [1.82, 2.24) is 9.78 Å². The Morgan fingerprint density at radius 3 is 2.83 bits per heavy atom. The van der Waals surface area contributed by atoms with Gasteiger partial charge in [-0.1, -0.05) is 13.8 Å². The van der Waals surface area contributed by atoms with Crippen LogP contribution in [0.3, 0.4) is 0 Å². The van der Waals surface area contributed by atoms with Crippen LogP contribution >= 0.6 is 0 Å². The summed E-state index contributed by atoms with van der Waals surface area (Å²) in [6.45, 7) is 5.99. The van der Waals surface area contributed by atoms with Gasteiger partial charge in [-0.15, -0.1) is 0 Å². The minimum absolute atomic E-state index is 0.483. The lowest BCUT2D eigenvalue weighted by Crippen LogP contribution is -2.08. The van der Waals surface area contributed by atoms with E-state index in [-0.39, 0.29) is 0 Å². The lowest BCUT2D eigenvalue weighted by atomic mass is 10.1. The van der Waals surface area contributed by atoms with E-state index in [1.165, 1.54) is 12.8 Å². The molecule has 0 saturated heterocycles. The highest BCUT2D eigenvalue weighted by Crippen LogP contribution is 2.30. The molecule has 5 heteroatoms. The maximum atomic E-state index is 9.15. The Morgan fingerprint density at radius 2 is 2.28 bits per heavy atom. The molecule has 0 aliphatic heterocycles. The highest BCUT2D eigenvalue weighted by molar-refractivity contribution is 5.63. The van der Waals surface area contributed by atoms with Gasteiger partial charge in [-0.2, -0.15) is 10.4 Å². The first kappa shape index (κ1) is 12.7. The van der Waals surface area contributed by atoms with Gasteiger partial charge in [-0.25, -0.2) is 4.68 Å². The number of nitrogen functional groups attached to an aromatic ring is 1. The molecule has 1 aromatic rings. The number of hydrogen-bond donors (Lipinski definition) is 2. The zero-order valence-electron chi connectivity index (χ0n) is 11.1. The summed E-state index contributed by atoms with van der Waals surface area (Å²) in [6, 6.07) is 2.15. The molecule has 1 aliphatic carbocycles. The fraction of sp³-hybridized carbons (Fsp3) is 0.692. The summed E-state index contributed by atoms with van der Waals surface area (Å²) in [4.78, 5) is 0. The summed E-state index contributed by atoms with van der Waals surface area (Å²) in [6.07, 6.45) is 3.57. The van der Waals surface area contributed by atoms with Crippen LogP contribution in [0.15, 0.2) is 0 Å². The van der Waals surface area contributed by atoms with Crippen molar-refractivity contribution < 1.29 is 0 Å². The number of aromatic nitrogens is 2. The molecule has 0 atom stereocenters. The fourth-order valence-corrected chi connectivity index (χ4v) is 1.82. The summed E-state index contributed by atoms with van der Waals surface area (Å²) in [5.74, 6) is 2.47. The van der Waals surface area contributed by atoms with Gasteiger partial charge in [-0.3, -0.25) is 0 Å². The van der Waals surface area contributed by atoms with E-state index in [2.05, 4.69) is 30.3 Å². The van der Waals surface area contributed by atoms with Crippen LogP contribution in [0.4, 0.5) is 11.6 Å². The minimum atomic E-state index is 0.483. The predicted molar refractivity (Wildman–Crippen MR) is 72.0 cm³/mol. The van der Waals surface area contributed by atoms with Crippen LogP contribution in [0, 0.1) is 23.2 Å². The van der Waals surface area contributed by atoms with E-state index >= 15 is 0 Å². The Labute approximate surface area is 108 Å². The van der Waals surface area contributed by atoms with Crippen molar-refractivity contribution in [3.8, 4) is 6.07 Å². The first-order valence-corrected chi connectivity index (χ1v) is 6.62. The Morgan fingerprint density at radius 1 is 1.56 bits per heavy atom. The average molecular weight is 247 g/mol. The van der Waals surface area contributed by atoms with E-state index in [4.69, 9.17) is 11.0 Å². The first-order valence-electron chi connectivity index (χ1n) is 6.62. The van der Waals surface area contributed by atoms with Crippen molar-refractivity contribution >= 4 is 11.6 Å². The van der Waals surface area contributed by atoms with E-state index in [0.717, 1.165) is 25.4 Å². The quantitative estimate of drug-likeness (QED) is 0.807. The smallest absolute Gasteiger partial charge is 0.168 e. The monoisotopic (exact) mass is 247 g/mol. The van der Waals surface area contributed by atoms with Gasteiger partial charge >= 0.3 is 0 Å². The van der Waals surface area contributed by atoms with Gasteiger partial charge in [-0.05, 0) is 31.1 Å². The second kappa shape index (κ2) is 5.30. The molecule has 0 spiro atoms. The van der Waals surface area contributed by atoms with Gasteiger partial charge in [0.2, 0.25) is 0 Å². The zero-order chi connectivity index (χ0) is 13.1. The number of rotatable bonds is 6. The maximum absolute atomic E-state index is 9.15. The lowest BCUT2D eigenvalue weighted by Gasteiger charge is -2.06. The number of anilines is 2. The van der Waals surface area contributed by atoms with E-state index in [1.54, 1.807) is 4.68 Å². The molecule has 0 unspecified atom stereocenters. The molecule has 0 radical (unpaired) electrons. The van der Waals surface area contributed by atoms with Gasteiger partial charge in [0.05, 0.1) is 0 Å². The maximum Gasteiger partial charge on any atom is 0.168 e. The molecular weight excluding hydrogens is 226 g/mol. The van der Waals surface area contributed by atoms with E-state index in [9.17, 15) is 0 Å². The topological polar surface area (TPSA) is 79.7 Å². The predicted octanol–water partition coefficient (Wildman–Crippen LogP) is 2.20.